The largest absolute Gasteiger partial charge is 0.339 e. The molecule has 0 unspecified atom stereocenters. The number of carbonyl (C=O) groups is 1. The molecule has 0 aromatic heterocycles. The minimum absolute atomic E-state index is 0.279. The van der Waals surface area contributed by atoms with E-state index in [2.05, 4.69) is 36.1 Å². The molecule has 0 N–H and O–H groups in total. The number of carbonyl (C=O) groups excluding carboxylic acids is 1. The van der Waals surface area contributed by atoms with Crippen LogP contribution >= 0.6 is 0 Å². The Labute approximate surface area is 116 Å². The van der Waals surface area contributed by atoms with Crippen LogP contribution in [0.25, 0.3) is 0 Å². The van der Waals surface area contributed by atoms with Crippen LogP contribution in [0.4, 0.5) is 0 Å². The summed E-state index contributed by atoms with van der Waals surface area (Å²) in [5.41, 5.74) is 1.05. The fourth-order valence-corrected chi connectivity index (χ4v) is 2.91. The predicted molar refractivity (Wildman–Crippen MR) is 78.9 cm³/mol. The minimum atomic E-state index is -0.279. The zero-order chi connectivity index (χ0) is 14.0. The first-order valence-electron chi connectivity index (χ1n) is 7.23. The van der Waals surface area contributed by atoms with Crippen molar-refractivity contribution in [2.75, 3.05) is 6.54 Å². The smallest absolute Gasteiger partial charge is 0.228 e. The van der Waals surface area contributed by atoms with Crippen molar-refractivity contribution in [3.8, 4) is 0 Å². The second-order valence-corrected chi connectivity index (χ2v) is 6.89. The van der Waals surface area contributed by atoms with Crippen LogP contribution in [0.5, 0.6) is 0 Å². The molecule has 1 saturated heterocycles. The predicted octanol–water partition coefficient (Wildman–Crippen LogP) is 3.51. The molecule has 1 aliphatic heterocycles. The van der Waals surface area contributed by atoms with Crippen molar-refractivity contribution in [2.45, 2.75) is 46.6 Å². The molecule has 2 atom stereocenters. The number of hydrogen-bond acceptors (Lipinski definition) is 1. The van der Waals surface area contributed by atoms with Gasteiger partial charge in [0.1, 0.15) is 0 Å². The topological polar surface area (TPSA) is 20.3 Å². The van der Waals surface area contributed by atoms with Gasteiger partial charge in [0.15, 0.2) is 0 Å². The first kappa shape index (κ1) is 14.1. The van der Waals surface area contributed by atoms with Crippen LogP contribution in [0.2, 0.25) is 0 Å². The maximum atomic E-state index is 12.5. The van der Waals surface area contributed by atoms with E-state index in [-0.39, 0.29) is 11.3 Å². The maximum Gasteiger partial charge on any atom is 0.228 e. The first-order valence-corrected chi connectivity index (χ1v) is 7.23. The van der Waals surface area contributed by atoms with E-state index in [9.17, 15) is 4.79 Å². The van der Waals surface area contributed by atoms with Crippen LogP contribution in [0, 0.1) is 11.3 Å². The van der Waals surface area contributed by atoms with Gasteiger partial charge in [0.25, 0.3) is 0 Å². The highest BCUT2D eigenvalue weighted by molar-refractivity contribution is 5.82. The van der Waals surface area contributed by atoms with E-state index >= 15 is 0 Å². The Balaban J connectivity index is 2.12. The summed E-state index contributed by atoms with van der Waals surface area (Å²) in [6.45, 7) is 9.19. The maximum absolute atomic E-state index is 12.5. The third kappa shape index (κ3) is 3.37. The van der Waals surface area contributed by atoms with E-state index in [1.54, 1.807) is 0 Å². The molecule has 1 amide bonds. The zero-order valence-corrected chi connectivity index (χ0v) is 12.5. The van der Waals surface area contributed by atoms with E-state index in [1.807, 2.05) is 26.8 Å². The lowest BCUT2D eigenvalue weighted by atomic mass is 9.93. The molecular weight excluding hydrogens is 234 g/mol. The Kier molecular flexibility index (Phi) is 3.98. The molecule has 2 heteroatoms. The monoisotopic (exact) mass is 259 g/mol. The van der Waals surface area contributed by atoms with Crippen LogP contribution in [0.1, 0.15) is 39.7 Å². The molecule has 1 fully saturated rings. The summed E-state index contributed by atoms with van der Waals surface area (Å²) in [5, 5.41) is 0. The minimum Gasteiger partial charge on any atom is -0.339 e. The van der Waals surface area contributed by atoms with Crippen LogP contribution in [0.15, 0.2) is 30.3 Å². The van der Waals surface area contributed by atoms with Gasteiger partial charge in [-0.2, -0.15) is 0 Å². The van der Waals surface area contributed by atoms with E-state index in [0.717, 1.165) is 19.4 Å². The summed E-state index contributed by atoms with van der Waals surface area (Å²) in [7, 11) is 0. The third-order valence-corrected chi connectivity index (χ3v) is 3.84. The molecule has 0 radical (unpaired) electrons. The lowest BCUT2D eigenvalue weighted by Gasteiger charge is -2.31. The fourth-order valence-electron chi connectivity index (χ4n) is 2.91. The summed E-state index contributed by atoms with van der Waals surface area (Å²) in [5.74, 6) is 0.901. The van der Waals surface area contributed by atoms with Gasteiger partial charge in [-0.25, -0.2) is 0 Å². The van der Waals surface area contributed by atoms with Crippen molar-refractivity contribution in [3.63, 3.8) is 0 Å². The van der Waals surface area contributed by atoms with Crippen LogP contribution in [-0.4, -0.2) is 23.4 Å². The molecular formula is C17H25NO. The number of rotatable bonds is 2. The van der Waals surface area contributed by atoms with Gasteiger partial charge in [-0.15, -0.1) is 0 Å². The SMILES string of the molecule is C[C@@H]1C[C@@H](Cc2ccccc2)N(C(=O)C(C)(C)C)C1. The molecule has 0 saturated carbocycles. The van der Waals surface area contributed by atoms with Gasteiger partial charge in [-0.05, 0) is 24.3 Å². The van der Waals surface area contributed by atoms with E-state index in [0.29, 0.717) is 12.0 Å². The summed E-state index contributed by atoms with van der Waals surface area (Å²) in [6, 6.07) is 10.9. The molecule has 0 spiro atoms. The molecule has 1 aromatic rings. The van der Waals surface area contributed by atoms with E-state index < -0.39 is 0 Å². The molecule has 1 aliphatic rings. The van der Waals surface area contributed by atoms with Gasteiger partial charge in [0, 0.05) is 18.0 Å². The fraction of sp³-hybridized carbons (Fsp3) is 0.588. The molecule has 0 bridgehead atoms. The van der Waals surface area contributed by atoms with Crippen molar-refractivity contribution in [3.05, 3.63) is 35.9 Å². The van der Waals surface area contributed by atoms with Gasteiger partial charge in [-0.3, -0.25) is 4.79 Å². The van der Waals surface area contributed by atoms with Crippen molar-refractivity contribution in [2.24, 2.45) is 11.3 Å². The van der Waals surface area contributed by atoms with Gasteiger partial charge in [0.2, 0.25) is 5.91 Å². The number of nitrogens with zero attached hydrogens (tertiary/aromatic N) is 1. The second kappa shape index (κ2) is 5.36. The summed E-state index contributed by atoms with van der Waals surface area (Å²) in [4.78, 5) is 14.6. The molecule has 2 nitrogen and oxygen atoms in total. The van der Waals surface area contributed by atoms with Gasteiger partial charge in [0.05, 0.1) is 0 Å². The first-order chi connectivity index (χ1) is 8.88. The van der Waals surface area contributed by atoms with Crippen LogP contribution in [-0.2, 0) is 11.2 Å². The van der Waals surface area contributed by atoms with Gasteiger partial charge in [-0.1, -0.05) is 58.0 Å². The Morgan fingerprint density at radius 3 is 2.47 bits per heavy atom. The molecule has 19 heavy (non-hydrogen) atoms. The Bertz CT molecular complexity index is 432. The molecule has 1 heterocycles. The number of hydrogen-bond donors (Lipinski definition) is 0. The van der Waals surface area contributed by atoms with Crippen molar-refractivity contribution < 1.29 is 4.79 Å². The van der Waals surface area contributed by atoms with Crippen LogP contribution < -0.4 is 0 Å². The molecule has 2 rings (SSSR count). The van der Waals surface area contributed by atoms with E-state index in [4.69, 9.17) is 0 Å². The number of amides is 1. The number of benzene rings is 1. The third-order valence-electron chi connectivity index (χ3n) is 3.84. The Morgan fingerprint density at radius 1 is 1.26 bits per heavy atom. The summed E-state index contributed by atoms with van der Waals surface area (Å²) in [6.07, 6.45) is 2.10. The molecule has 1 aromatic carbocycles. The average Bonchev–Trinajstić information content (AvgIpc) is 2.69. The van der Waals surface area contributed by atoms with Gasteiger partial charge >= 0.3 is 0 Å². The highest BCUT2D eigenvalue weighted by Crippen LogP contribution is 2.30. The quantitative estimate of drug-likeness (QED) is 0.796. The van der Waals surface area contributed by atoms with Gasteiger partial charge < -0.3 is 4.90 Å². The Hall–Kier alpha value is -1.31. The second-order valence-electron chi connectivity index (χ2n) is 6.89. The summed E-state index contributed by atoms with van der Waals surface area (Å²) >= 11 is 0. The number of likely N-dealkylation sites (tertiary alicyclic amines) is 1. The highest BCUT2D eigenvalue weighted by Gasteiger charge is 2.37. The standard InChI is InChI=1S/C17H25NO/c1-13-10-15(11-14-8-6-5-7-9-14)18(12-13)16(19)17(2,3)4/h5-9,13,15H,10-12H2,1-4H3/t13-,15+/m1/s1. The lowest BCUT2D eigenvalue weighted by molar-refractivity contribution is -0.140. The highest BCUT2D eigenvalue weighted by atomic mass is 16.2. The molecule has 104 valence electrons. The van der Waals surface area contributed by atoms with Crippen molar-refractivity contribution in [1.29, 1.82) is 0 Å². The zero-order valence-electron chi connectivity index (χ0n) is 12.5. The normalized spacial score (nSPS) is 23.7. The van der Waals surface area contributed by atoms with Crippen molar-refractivity contribution in [1.82, 2.24) is 4.90 Å². The van der Waals surface area contributed by atoms with E-state index in [1.165, 1.54) is 5.56 Å². The van der Waals surface area contributed by atoms with Crippen molar-refractivity contribution >= 4 is 5.91 Å². The molecule has 0 aliphatic carbocycles. The average molecular weight is 259 g/mol. The Morgan fingerprint density at radius 2 is 1.89 bits per heavy atom. The lowest BCUT2D eigenvalue weighted by Crippen LogP contribution is -2.43. The summed E-state index contributed by atoms with van der Waals surface area (Å²) < 4.78 is 0. The van der Waals surface area contributed by atoms with Crippen LogP contribution in [0.3, 0.4) is 0 Å².